The van der Waals surface area contributed by atoms with E-state index in [-0.39, 0.29) is 29.2 Å². The summed E-state index contributed by atoms with van der Waals surface area (Å²) in [6.45, 7) is 7.48. The van der Waals surface area contributed by atoms with Crippen LogP contribution >= 0.6 is 0 Å². The van der Waals surface area contributed by atoms with Gasteiger partial charge in [-0.05, 0) is 69.5 Å². The lowest BCUT2D eigenvalue weighted by molar-refractivity contribution is -0.143. The molecule has 1 aromatic heterocycles. The van der Waals surface area contributed by atoms with Crippen molar-refractivity contribution in [3.8, 4) is 17.2 Å². The second-order valence-corrected chi connectivity index (χ2v) is 11.8. The first-order chi connectivity index (χ1) is 20.9. The number of hydrogen-bond acceptors (Lipinski definition) is 9. The van der Waals surface area contributed by atoms with E-state index < -0.39 is 11.6 Å². The minimum atomic E-state index is -0.786. The molecule has 0 atom stereocenters. The lowest BCUT2D eigenvalue weighted by atomic mass is 9.76. The molecule has 0 amide bonds. The summed E-state index contributed by atoms with van der Waals surface area (Å²) in [6.07, 6.45) is 7.72. The highest BCUT2D eigenvalue weighted by atomic mass is 19.1. The molecule has 3 aromatic rings. The summed E-state index contributed by atoms with van der Waals surface area (Å²) in [5.74, 6) is -0.0675. The molecule has 2 aromatic carbocycles. The number of hydrogen-bond donors (Lipinski definition) is 1. The third-order valence-electron chi connectivity index (χ3n) is 9.10. The second kappa shape index (κ2) is 12.5. The van der Waals surface area contributed by atoms with Gasteiger partial charge in [0.15, 0.2) is 17.3 Å². The first kappa shape index (κ1) is 29.4. The van der Waals surface area contributed by atoms with Crippen LogP contribution in [0.3, 0.4) is 0 Å². The van der Waals surface area contributed by atoms with E-state index in [1.165, 1.54) is 51.5 Å². The molecule has 6 rings (SSSR count). The molecule has 0 saturated carbocycles. The molecule has 4 heterocycles. The van der Waals surface area contributed by atoms with Gasteiger partial charge in [0.25, 0.3) is 0 Å². The number of anilines is 3. The van der Waals surface area contributed by atoms with Gasteiger partial charge < -0.3 is 34.1 Å². The van der Waals surface area contributed by atoms with Gasteiger partial charge in [0.1, 0.15) is 18.2 Å². The van der Waals surface area contributed by atoms with Crippen molar-refractivity contribution in [1.29, 1.82) is 0 Å². The zero-order valence-electron chi connectivity index (χ0n) is 25.0. The number of halogens is 2. The summed E-state index contributed by atoms with van der Waals surface area (Å²) in [5, 5.41) is 3.19. The van der Waals surface area contributed by atoms with E-state index in [1.807, 2.05) is 12.1 Å². The second-order valence-electron chi connectivity index (χ2n) is 11.8. The molecule has 11 heteroatoms. The Hall–Kier alpha value is -3.70. The highest BCUT2D eigenvalue weighted by molar-refractivity contribution is 5.67. The fourth-order valence-corrected chi connectivity index (χ4v) is 6.35. The van der Waals surface area contributed by atoms with E-state index in [4.69, 9.17) is 18.9 Å². The Balaban J connectivity index is 1.03. The van der Waals surface area contributed by atoms with Gasteiger partial charge in [0.05, 0.1) is 51.1 Å². The van der Waals surface area contributed by atoms with Crippen molar-refractivity contribution in [2.24, 2.45) is 5.41 Å². The number of aryl methyl sites for hydroxylation is 1. The molecule has 0 aliphatic carbocycles. The topological polar surface area (TPSA) is 81.2 Å². The van der Waals surface area contributed by atoms with Crippen LogP contribution in [0.2, 0.25) is 0 Å². The predicted molar refractivity (Wildman–Crippen MR) is 160 cm³/mol. The fourth-order valence-electron chi connectivity index (χ4n) is 6.35. The predicted octanol–water partition coefficient (Wildman–Crippen LogP) is 5.48. The molecule has 0 radical (unpaired) electrons. The van der Waals surface area contributed by atoms with Crippen molar-refractivity contribution in [3.05, 3.63) is 59.4 Å². The minimum Gasteiger partial charge on any atom is -0.495 e. The summed E-state index contributed by atoms with van der Waals surface area (Å²) >= 11 is 0. The van der Waals surface area contributed by atoms with E-state index in [2.05, 4.69) is 31.2 Å². The van der Waals surface area contributed by atoms with Crippen LogP contribution in [0, 0.1) is 24.0 Å². The standard InChI is InChI=1S/C32H39F2N5O4/c1-21-14-28(41-3)30(34)25(29(21)33)18-43-24-16-35-31(36-17-24)37-22-4-5-26(27(15-22)40-2)39-10-6-23(7-11-39)38-12-8-32(9-13-38)19-42-20-32/h4-5,14-17,23H,6-13,18-20H2,1-3H3,(H,35,36,37). The monoisotopic (exact) mass is 595 g/mol. The van der Waals surface area contributed by atoms with Gasteiger partial charge in [0.2, 0.25) is 5.95 Å². The zero-order chi connectivity index (χ0) is 30.0. The van der Waals surface area contributed by atoms with Gasteiger partial charge in [0, 0.05) is 36.3 Å². The Morgan fingerprint density at radius 1 is 0.953 bits per heavy atom. The molecule has 3 aliphatic rings. The Morgan fingerprint density at radius 3 is 2.28 bits per heavy atom. The largest absolute Gasteiger partial charge is 0.495 e. The van der Waals surface area contributed by atoms with E-state index in [0.717, 1.165) is 56.3 Å². The minimum absolute atomic E-state index is 0.0329. The van der Waals surface area contributed by atoms with Crippen LogP contribution in [0.4, 0.5) is 26.1 Å². The molecule has 3 aliphatic heterocycles. The summed E-state index contributed by atoms with van der Waals surface area (Å²) in [6, 6.07) is 7.95. The van der Waals surface area contributed by atoms with E-state index in [1.54, 1.807) is 14.0 Å². The van der Waals surface area contributed by atoms with Crippen molar-refractivity contribution in [3.63, 3.8) is 0 Å². The van der Waals surface area contributed by atoms with Crippen molar-refractivity contribution in [1.82, 2.24) is 14.9 Å². The number of piperidine rings is 2. The molecule has 3 fully saturated rings. The summed E-state index contributed by atoms with van der Waals surface area (Å²) in [5.41, 5.74) is 2.39. The molecule has 1 N–H and O–H groups in total. The van der Waals surface area contributed by atoms with Crippen molar-refractivity contribution in [2.45, 2.75) is 45.3 Å². The number of aromatic nitrogens is 2. The summed E-state index contributed by atoms with van der Waals surface area (Å²) < 4.78 is 50.9. The number of benzene rings is 2. The van der Waals surface area contributed by atoms with Crippen LogP contribution in [0.25, 0.3) is 0 Å². The fraction of sp³-hybridized carbons (Fsp3) is 0.500. The molecule has 9 nitrogen and oxygen atoms in total. The van der Waals surface area contributed by atoms with Crippen LogP contribution in [-0.2, 0) is 11.3 Å². The van der Waals surface area contributed by atoms with Crippen LogP contribution in [0.1, 0.15) is 36.8 Å². The SMILES string of the molecule is COc1cc(Nc2ncc(OCc3c(F)c(C)cc(OC)c3F)cn2)ccc1N1CCC(N2CCC3(CC2)COC3)CC1. The van der Waals surface area contributed by atoms with Crippen LogP contribution < -0.4 is 24.4 Å². The average Bonchev–Trinajstić information content (AvgIpc) is 3.03. The summed E-state index contributed by atoms with van der Waals surface area (Å²) in [4.78, 5) is 13.7. The van der Waals surface area contributed by atoms with Crippen molar-refractivity contribution < 1.29 is 27.7 Å². The lowest BCUT2D eigenvalue weighted by Gasteiger charge is -2.50. The zero-order valence-corrected chi connectivity index (χ0v) is 25.0. The molecular formula is C32H39F2N5O4. The smallest absolute Gasteiger partial charge is 0.227 e. The number of methoxy groups -OCH3 is 2. The molecule has 3 saturated heterocycles. The first-order valence-electron chi connectivity index (χ1n) is 14.9. The number of nitrogens with zero attached hydrogens (tertiary/aromatic N) is 4. The molecule has 230 valence electrons. The van der Waals surface area contributed by atoms with Gasteiger partial charge >= 0.3 is 0 Å². The van der Waals surface area contributed by atoms with Gasteiger partial charge in [-0.25, -0.2) is 18.7 Å². The molecule has 1 spiro atoms. The highest BCUT2D eigenvalue weighted by Crippen LogP contribution is 2.40. The quantitative estimate of drug-likeness (QED) is 0.346. The number of rotatable bonds is 9. The Morgan fingerprint density at radius 2 is 1.65 bits per heavy atom. The van der Waals surface area contributed by atoms with Crippen LogP contribution in [0.15, 0.2) is 36.7 Å². The van der Waals surface area contributed by atoms with E-state index >= 15 is 0 Å². The third kappa shape index (κ3) is 6.19. The average molecular weight is 596 g/mol. The van der Waals surface area contributed by atoms with Crippen LogP contribution in [0.5, 0.6) is 17.2 Å². The van der Waals surface area contributed by atoms with Gasteiger partial charge in [-0.2, -0.15) is 0 Å². The van der Waals surface area contributed by atoms with Crippen molar-refractivity contribution in [2.75, 3.05) is 63.8 Å². The third-order valence-corrected chi connectivity index (χ3v) is 9.10. The van der Waals surface area contributed by atoms with Gasteiger partial charge in [-0.1, -0.05) is 0 Å². The molecule has 0 bridgehead atoms. The number of nitrogens with one attached hydrogen (secondary N) is 1. The van der Waals surface area contributed by atoms with E-state index in [9.17, 15) is 8.78 Å². The van der Waals surface area contributed by atoms with E-state index in [0.29, 0.717) is 17.4 Å². The molecular weight excluding hydrogens is 556 g/mol. The maximum Gasteiger partial charge on any atom is 0.227 e. The van der Waals surface area contributed by atoms with Crippen molar-refractivity contribution >= 4 is 17.3 Å². The number of ether oxygens (including phenoxy) is 4. The van der Waals surface area contributed by atoms with Crippen LogP contribution in [-0.4, -0.2) is 74.5 Å². The molecule has 43 heavy (non-hydrogen) atoms. The highest BCUT2D eigenvalue weighted by Gasteiger charge is 2.42. The summed E-state index contributed by atoms with van der Waals surface area (Å²) in [7, 11) is 3.02. The molecule has 0 unspecified atom stereocenters. The van der Waals surface area contributed by atoms with Gasteiger partial charge in [-0.3, -0.25) is 0 Å². The Bertz CT molecular complexity index is 1420. The first-order valence-corrected chi connectivity index (χ1v) is 14.9. The lowest BCUT2D eigenvalue weighted by Crippen LogP contribution is -2.54. The maximum atomic E-state index is 14.6. The van der Waals surface area contributed by atoms with Gasteiger partial charge in [-0.15, -0.1) is 0 Å². The normalized spacial score (nSPS) is 18.8. The maximum absolute atomic E-state index is 14.6. The Labute approximate surface area is 251 Å². The number of likely N-dealkylation sites (tertiary alicyclic amines) is 1. The Kier molecular flexibility index (Phi) is 8.54.